The quantitative estimate of drug-likeness (QED) is 0.842. The van der Waals surface area contributed by atoms with E-state index in [0.29, 0.717) is 0 Å². The molecule has 0 saturated heterocycles. The van der Waals surface area contributed by atoms with Crippen molar-refractivity contribution in [3.8, 4) is 0 Å². The molecule has 4 heteroatoms. The number of nitrogens with one attached hydrogen (secondary N) is 1. The van der Waals surface area contributed by atoms with E-state index in [2.05, 4.69) is 34.8 Å². The molecule has 0 aliphatic rings. The predicted molar refractivity (Wildman–Crippen MR) is 80.8 cm³/mol. The van der Waals surface area contributed by atoms with Gasteiger partial charge in [0.2, 0.25) is 0 Å². The molecule has 4 nitrogen and oxygen atoms in total. The van der Waals surface area contributed by atoms with Crippen molar-refractivity contribution in [1.29, 1.82) is 0 Å². The number of imidazole rings is 1. The Hall–Kier alpha value is -1.55. The van der Waals surface area contributed by atoms with Crippen molar-refractivity contribution < 1.29 is 4.42 Å². The number of hydrogen-bond donors (Lipinski definition) is 1. The summed E-state index contributed by atoms with van der Waals surface area (Å²) in [4.78, 5) is 4.49. The topological polar surface area (TPSA) is 43.0 Å². The number of rotatable bonds is 7. The summed E-state index contributed by atoms with van der Waals surface area (Å²) in [6.07, 6.45) is 5.93. The Morgan fingerprint density at radius 2 is 2.15 bits per heavy atom. The third-order valence-electron chi connectivity index (χ3n) is 3.62. The van der Waals surface area contributed by atoms with E-state index in [0.717, 1.165) is 43.3 Å². The summed E-state index contributed by atoms with van der Waals surface area (Å²) < 4.78 is 7.88. The molecule has 0 fully saturated rings. The Kier molecular flexibility index (Phi) is 5.01. The molecule has 110 valence electrons. The molecule has 2 heterocycles. The highest BCUT2D eigenvalue weighted by molar-refractivity contribution is 5.25. The Labute approximate surface area is 121 Å². The summed E-state index contributed by atoms with van der Waals surface area (Å²) in [7, 11) is 0. The molecule has 0 saturated carbocycles. The van der Waals surface area contributed by atoms with Gasteiger partial charge in [0.25, 0.3) is 0 Å². The maximum Gasteiger partial charge on any atom is 0.110 e. The van der Waals surface area contributed by atoms with Gasteiger partial charge in [0.15, 0.2) is 0 Å². The number of nitrogens with zero attached hydrogens (tertiary/aromatic N) is 2. The number of furan rings is 1. The average Bonchev–Trinajstić information content (AvgIpc) is 3.00. The highest BCUT2D eigenvalue weighted by atomic mass is 16.3. The molecule has 0 spiro atoms. The van der Waals surface area contributed by atoms with E-state index in [1.54, 1.807) is 0 Å². The van der Waals surface area contributed by atoms with Crippen molar-refractivity contribution in [2.24, 2.45) is 0 Å². The third-order valence-corrected chi connectivity index (χ3v) is 3.62. The van der Waals surface area contributed by atoms with Crippen molar-refractivity contribution in [2.45, 2.75) is 53.1 Å². The Morgan fingerprint density at radius 3 is 2.75 bits per heavy atom. The van der Waals surface area contributed by atoms with Crippen LogP contribution in [0.5, 0.6) is 0 Å². The molecule has 0 aliphatic heterocycles. The average molecular weight is 275 g/mol. The Bertz CT molecular complexity index is 542. The number of aryl methyl sites for hydroxylation is 3. The third kappa shape index (κ3) is 3.31. The molecule has 0 radical (unpaired) electrons. The molecule has 0 aromatic carbocycles. The van der Waals surface area contributed by atoms with E-state index < -0.39 is 0 Å². The second kappa shape index (κ2) is 6.75. The second-order valence-corrected chi connectivity index (χ2v) is 5.21. The van der Waals surface area contributed by atoms with Crippen molar-refractivity contribution in [2.75, 3.05) is 6.54 Å². The van der Waals surface area contributed by atoms with Gasteiger partial charge < -0.3 is 14.3 Å². The van der Waals surface area contributed by atoms with Gasteiger partial charge in [-0.2, -0.15) is 0 Å². The first-order chi connectivity index (χ1) is 9.65. The first-order valence-electron chi connectivity index (χ1n) is 7.46. The van der Waals surface area contributed by atoms with E-state index in [4.69, 9.17) is 4.42 Å². The first kappa shape index (κ1) is 14.9. The van der Waals surface area contributed by atoms with Gasteiger partial charge in [-0.3, -0.25) is 0 Å². The summed E-state index contributed by atoms with van der Waals surface area (Å²) in [6.45, 7) is 10.3. The molecule has 20 heavy (non-hydrogen) atoms. The lowest BCUT2D eigenvalue weighted by atomic mass is 10.0. The molecular weight excluding hydrogens is 250 g/mol. The number of aromatic nitrogens is 2. The molecule has 2 aromatic heterocycles. The number of hydrogen-bond acceptors (Lipinski definition) is 3. The van der Waals surface area contributed by atoms with Gasteiger partial charge in [-0.25, -0.2) is 4.98 Å². The molecule has 1 atom stereocenters. The maximum absolute atomic E-state index is 5.68. The minimum absolute atomic E-state index is 0.264. The van der Waals surface area contributed by atoms with Gasteiger partial charge in [-0.05, 0) is 39.8 Å². The fourth-order valence-electron chi connectivity index (χ4n) is 2.61. The van der Waals surface area contributed by atoms with E-state index in [1.807, 2.05) is 26.2 Å². The van der Waals surface area contributed by atoms with Crippen LogP contribution in [-0.2, 0) is 13.0 Å². The maximum atomic E-state index is 5.68. The molecule has 0 amide bonds. The zero-order valence-electron chi connectivity index (χ0n) is 12.9. The minimum atomic E-state index is 0.264. The van der Waals surface area contributed by atoms with Crippen LogP contribution in [-0.4, -0.2) is 16.1 Å². The molecule has 1 N–H and O–H groups in total. The Balaban J connectivity index is 2.21. The normalized spacial score (nSPS) is 12.8. The molecule has 0 bridgehead atoms. The van der Waals surface area contributed by atoms with Crippen molar-refractivity contribution in [3.63, 3.8) is 0 Å². The van der Waals surface area contributed by atoms with Gasteiger partial charge >= 0.3 is 0 Å². The monoisotopic (exact) mass is 275 g/mol. The minimum Gasteiger partial charge on any atom is -0.466 e. The van der Waals surface area contributed by atoms with Crippen LogP contribution in [0, 0.1) is 13.8 Å². The summed E-state index contributed by atoms with van der Waals surface area (Å²) >= 11 is 0. The van der Waals surface area contributed by atoms with Gasteiger partial charge in [-0.1, -0.05) is 6.92 Å². The molecule has 2 rings (SSSR count). The molecule has 0 aliphatic carbocycles. The van der Waals surface area contributed by atoms with Crippen LogP contribution < -0.4 is 5.32 Å². The SMILES string of the molecule is CCCNC(Cc1nccn1CC)c1cc(C)oc1C. The van der Waals surface area contributed by atoms with Gasteiger partial charge in [0.1, 0.15) is 17.3 Å². The summed E-state index contributed by atoms with van der Waals surface area (Å²) in [5.41, 5.74) is 1.25. The van der Waals surface area contributed by atoms with Crippen LogP contribution in [0.25, 0.3) is 0 Å². The van der Waals surface area contributed by atoms with Crippen molar-refractivity contribution >= 4 is 0 Å². The van der Waals surface area contributed by atoms with E-state index in [9.17, 15) is 0 Å². The van der Waals surface area contributed by atoms with E-state index in [-0.39, 0.29) is 6.04 Å². The predicted octanol–water partition coefficient (Wildman–Crippen LogP) is 3.40. The van der Waals surface area contributed by atoms with Crippen molar-refractivity contribution in [1.82, 2.24) is 14.9 Å². The van der Waals surface area contributed by atoms with Crippen LogP contribution in [0.2, 0.25) is 0 Å². The zero-order valence-corrected chi connectivity index (χ0v) is 12.9. The first-order valence-corrected chi connectivity index (χ1v) is 7.46. The highest BCUT2D eigenvalue weighted by Crippen LogP contribution is 2.24. The lowest BCUT2D eigenvalue weighted by Crippen LogP contribution is -2.25. The lowest BCUT2D eigenvalue weighted by Gasteiger charge is -2.18. The van der Waals surface area contributed by atoms with Gasteiger partial charge in [-0.15, -0.1) is 0 Å². The smallest absolute Gasteiger partial charge is 0.110 e. The zero-order chi connectivity index (χ0) is 14.5. The van der Waals surface area contributed by atoms with E-state index in [1.165, 1.54) is 5.56 Å². The van der Waals surface area contributed by atoms with Crippen LogP contribution in [0.4, 0.5) is 0 Å². The van der Waals surface area contributed by atoms with Gasteiger partial charge in [0.05, 0.1) is 0 Å². The molecule has 1 unspecified atom stereocenters. The fraction of sp³-hybridized carbons (Fsp3) is 0.562. The lowest BCUT2D eigenvalue weighted by molar-refractivity contribution is 0.472. The van der Waals surface area contributed by atoms with Crippen molar-refractivity contribution in [3.05, 3.63) is 41.4 Å². The van der Waals surface area contributed by atoms with Crippen LogP contribution in [0.3, 0.4) is 0 Å². The van der Waals surface area contributed by atoms with Crippen LogP contribution >= 0.6 is 0 Å². The standard InChI is InChI=1S/C16H25N3O/c1-5-7-17-15(14-10-12(3)20-13(14)4)11-16-18-8-9-19(16)6-2/h8-10,15,17H,5-7,11H2,1-4H3. The van der Waals surface area contributed by atoms with Crippen LogP contribution in [0.15, 0.2) is 22.9 Å². The summed E-state index contributed by atoms with van der Waals surface area (Å²) in [6, 6.07) is 2.40. The molecular formula is C16H25N3O. The Morgan fingerprint density at radius 1 is 1.35 bits per heavy atom. The molecule has 2 aromatic rings. The summed E-state index contributed by atoms with van der Waals surface area (Å²) in [5, 5.41) is 3.62. The summed E-state index contributed by atoms with van der Waals surface area (Å²) in [5.74, 6) is 3.10. The van der Waals surface area contributed by atoms with E-state index >= 15 is 0 Å². The second-order valence-electron chi connectivity index (χ2n) is 5.21. The highest BCUT2D eigenvalue weighted by Gasteiger charge is 2.19. The van der Waals surface area contributed by atoms with Gasteiger partial charge in [0, 0.05) is 37.0 Å². The van der Waals surface area contributed by atoms with Crippen LogP contribution in [0.1, 0.15) is 49.2 Å². The fourth-order valence-corrected chi connectivity index (χ4v) is 2.61. The largest absolute Gasteiger partial charge is 0.466 e.